The number of ether oxygens (including phenoxy) is 2. The molecule has 1 aromatic rings. The molecule has 0 bridgehead atoms. The van der Waals surface area contributed by atoms with Crippen molar-refractivity contribution in [2.75, 3.05) is 26.3 Å². The van der Waals surface area contributed by atoms with Gasteiger partial charge in [-0.15, -0.1) is 0 Å². The van der Waals surface area contributed by atoms with E-state index in [4.69, 9.17) is 9.47 Å². The molecular weight excluding hydrogens is 223 g/mol. The maximum atomic E-state index is 13.3. The van der Waals surface area contributed by atoms with E-state index < -0.39 is 5.82 Å². The van der Waals surface area contributed by atoms with Crippen molar-refractivity contribution in [3.8, 4) is 5.88 Å². The van der Waals surface area contributed by atoms with Gasteiger partial charge in [0.05, 0.1) is 12.2 Å². The Labute approximate surface area is 99.1 Å². The second-order valence-corrected chi connectivity index (χ2v) is 4.60. The topological polar surface area (TPSA) is 43.4 Å². The molecule has 92 valence electrons. The van der Waals surface area contributed by atoms with E-state index in [2.05, 4.69) is 10.3 Å². The van der Waals surface area contributed by atoms with Gasteiger partial charge in [-0.1, -0.05) is 0 Å². The highest BCUT2D eigenvalue weighted by Crippen LogP contribution is 2.35. The van der Waals surface area contributed by atoms with Gasteiger partial charge in [0, 0.05) is 31.8 Å². The lowest BCUT2D eigenvalue weighted by Gasteiger charge is -2.42. The van der Waals surface area contributed by atoms with Crippen LogP contribution in [0.1, 0.15) is 6.42 Å². The van der Waals surface area contributed by atoms with Gasteiger partial charge >= 0.3 is 0 Å². The van der Waals surface area contributed by atoms with E-state index in [9.17, 15) is 4.39 Å². The molecule has 0 amide bonds. The van der Waals surface area contributed by atoms with Crippen LogP contribution in [0.2, 0.25) is 0 Å². The number of aromatic nitrogens is 1. The molecule has 1 N–H and O–H groups in total. The van der Waals surface area contributed by atoms with Crippen LogP contribution in [0.5, 0.6) is 5.88 Å². The summed E-state index contributed by atoms with van der Waals surface area (Å²) in [5, 5.41) is 3.21. The Kier molecular flexibility index (Phi) is 2.72. The fourth-order valence-electron chi connectivity index (χ4n) is 2.44. The molecule has 1 unspecified atom stereocenters. The fourth-order valence-corrected chi connectivity index (χ4v) is 2.44. The Balaban J connectivity index is 1.63. The Hall–Kier alpha value is -1.20. The van der Waals surface area contributed by atoms with Crippen molar-refractivity contribution < 1.29 is 13.9 Å². The predicted octanol–water partition coefficient (Wildman–Crippen LogP) is 0.978. The zero-order valence-electron chi connectivity index (χ0n) is 9.49. The molecule has 17 heavy (non-hydrogen) atoms. The standard InChI is InChI=1S/C12H15FN2O2/c13-10-2-1-4-15-11(10)16-6-9-3-5-17-12(9)7-14-8-12/h1-2,4,9,14H,3,5-8H2. The molecule has 3 heterocycles. The van der Waals surface area contributed by atoms with E-state index in [1.54, 1.807) is 6.07 Å². The summed E-state index contributed by atoms with van der Waals surface area (Å²) in [4.78, 5) is 3.88. The first kappa shape index (κ1) is 10.9. The monoisotopic (exact) mass is 238 g/mol. The second-order valence-electron chi connectivity index (χ2n) is 4.60. The molecule has 2 aliphatic rings. The molecule has 1 atom stereocenters. The van der Waals surface area contributed by atoms with Gasteiger partial charge in [-0.25, -0.2) is 9.37 Å². The lowest BCUT2D eigenvalue weighted by molar-refractivity contribution is -0.0695. The van der Waals surface area contributed by atoms with Crippen LogP contribution in [0.15, 0.2) is 18.3 Å². The summed E-state index contributed by atoms with van der Waals surface area (Å²) in [6.07, 6.45) is 2.50. The molecule has 4 nitrogen and oxygen atoms in total. The minimum absolute atomic E-state index is 0.0781. The SMILES string of the molecule is Fc1cccnc1OCC1CCOC12CNC2. The lowest BCUT2D eigenvalue weighted by atomic mass is 9.83. The minimum atomic E-state index is -0.410. The lowest BCUT2D eigenvalue weighted by Crippen LogP contribution is -2.63. The van der Waals surface area contributed by atoms with Gasteiger partial charge in [-0.3, -0.25) is 0 Å². The summed E-state index contributed by atoms with van der Waals surface area (Å²) in [6.45, 7) is 2.97. The van der Waals surface area contributed by atoms with Crippen LogP contribution in [0.4, 0.5) is 4.39 Å². The summed E-state index contributed by atoms with van der Waals surface area (Å²) in [5.41, 5.74) is -0.0781. The van der Waals surface area contributed by atoms with Crippen LogP contribution in [0.3, 0.4) is 0 Å². The number of halogens is 1. The summed E-state index contributed by atoms with van der Waals surface area (Å²) in [7, 11) is 0. The first-order valence-electron chi connectivity index (χ1n) is 5.88. The van der Waals surface area contributed by atoms with Crippen LogP contribution in [0.25, 0.3) is 0 Å². The highest BCUT2D eigenvalue weighted by Gasteiger charge is 2.49. The molecule has 5 heteroatoms. The molecule has 3 rings (SSSR count). The summed E-state index contributed by atoms with van der Waals surface area (Å²) < 4.78 is 24.5. The number of nitrogens with one attached hydrogen (secondary N) is 1. The zero-order chi connectivity index (χ0) is 11.7. The number of hydrogen-bond acceptors (Lipinski definition) is 4. The third-order valence-electron chi connectivity index (χ3n) is 3.59. The van der Waals surface area contributed by atoms with Gasteiger partial charge < -0.3 is 14.8 Å². The molecule has 0 saturated carbocycles. The van der Waals surface area contributed by atoms with Crippen molar-refractivity contribution in [2.45, 2.75) is 12.0 Å². The van der Waals surface area contributed by atoms with Crippen LogP contribution in [-0.2, 0) is 4.74 Å². The van der Waals surface area contributed by atoms with E-state index in [0.717, 1.165) is 26.1 Å². The average Bonchev–Trinajstić information content (AvgIpc) is 2.71. The number of pyridine rings is 1. The third kappa shape index (κ3) is 1.89. The summed E-state index contributed by atoms with van der Waals surface area (Å²) in [6, 6.07) is 2.91. The Morgan fingerprint density at radius 2 is 2.47 bits per heavy atom. The van der Waals surface area contributed by atoms with Crippen molar-refractivity contribution in [1.82, 2.24) is 10.3 Å². The van der Waals surface area contributed by atoms with Crippen LogP contribution >= 0.6 is 0 Å². The minimum Gasteiger partial charge on any atom is -0.475 e. The van der Waals surface area contributed by atoms with Gasteiger partial charge in [-0.05, 0) is 18.6 Å². The van der Waals surface area contributed by atoms with Crippen LogP contribution in [0, 0.1) is 11.7 Å². The molecule has 0 radical (unpaired) electrons. The summed E-state index contributed by atoms with van der Waals surface area (Å²) >= 11 is 0. The highest BCUT2D eigenvalue weighted by atomic mass is 19.1. The van der Waals surface area contributed by atoms with Gasteiger partial charge in [0.2, 0.25) is 5.88 Å². The van der Waals surface area contributed by atoms with Gasteiger partial charge in [0.25, 0.3) is 0 Å². The normalized spacial score (nSPS) is 25.8. The Bertz CT molecular complexity index is 409. The smallest absolute Gasteiger partial charge is 0.250 e. The number of rotatable bonds is 3. The maximum absolute atomic E-state index is 13.3. The second kappa shape index (κ2) is 4.23. The van der Waals surface area contributed by atoms with E-state index in [1.807, 2.05) is 0 Å². The van der Waals surface area contributed by atoms with E-state index >= 15 is 0 Å². The van der Waals surface area contributed by atoms with Gasteiger partial charge in [0.15, 0.2) is 5.82 Å². The molecule has 1 aromatic heterocycles. The van der Waals surface area contributed by atoms with Crippen molar-refractivity contribution in [3.63, 3.8) is 0 Å². The largest absolute Gasteiger partial charge is 0.475 e. The molecule has 2 saturated heterocycles. The van der Waals surface area contributed by atoms with E-state index in [0.29, 0.717) is 12.5 Å². The first-order chi connectivity index (χ1) is 8.30. The molecule has 1 spiro atoms. The maximum Gasteiger partial charge on any atom is 0.250 e. The predicted molar refractivity (Wildman–Crippen MR) is 59.3 cm³/mol. The van der Waals surface area contributed by atoms with Gasteiger partial charge in [0.1, 0.15) is 0 Å². The van der Waals surface area contributed by atoms with Crippen molar-refractivity contribution >= 4 is 0 Å². The van der Waals surface area contributed by atoms with Gasteiger partial charge in [-0.2, -0.15) is 0 Å². The molecule has 0 aliphatic carbocycles. The average molecular weight is 238 g/mol. The molecule has 2 aliphatic heterocycles. The number of nitrogens with zero attached hydrogens (tertiary/aromatic N) is 1. The van der Waals surface area contributed by atoms with E-state index in [-0.39, 0.29) is 11.5 Å². The first-order valence-corrected chi connectivity index (χ1v) is 5.88. The molecule has 0 aromatic carbocycles. The quantitative estimate of drug-likeness (QED) is 0.852. The highest BCUT2D eigenvalue weighted by molar-refractivity contribution is 5.13. The van der Waals surface area contributed by atoms with Crippen molar-refractivity contribution in [1.29, 1.82) is 0 Å². The Morgan fingerprint density at radius 1 is 1.59 bits per heavy atom. The van der Waals surface area contributed by atoms with Crippen molar-refractivity contribution in [2.24, 2.45) is 5.92 Å². The summed E-state index contributed by atoms with van der Waals surface area (Å²) in [5.74, 6) is -0.000751. The Morgan fingerprint density at radius 3 is 3.18 bits per heavy atom. The molecular formula is C12H15FN2O2. The third-order valence-corrected chi connectivity index (χ3v) is 3.59. The van der Waals surface area contributed by atoms with Crippen molar-refractivity contribution in [3.05, 3.63) is 24.1 Å². The van der Waals surface area contributed by atoms with Crippen LogP contribution < -0.4 is 10.1 Å². The zero-order valence-corrected chi connectivity index (χ0v) is 9.49. The van der Waals surface area contributed by atoms with E-state index in [1.165, 1.54) is 12.3 Å². The molecule has 2 fully saturated rings. The fraction of sp³-hybridized carbons (Fsp3) is 0.583. The number of hydrogen-bond donors (Lipinski definition) is 1. The van der Waals surface area contributed by atoms with Crippen LogP contribution in [-0.4, -0.2) is 36.9 Å².